The van der Waals surface area contributed by atoms with E-state index in [4.69, 9.17) is 21.1 Å². The molecule has 126 valence electrons. The number of hydrogen-bond acceptors (Lipinski definition) is 5. The van der Waals surface area contributed by atoms with E-state index in [1.165, 1.54) is 43.7 Å². The first-order valence-electron chi connectivity index (χ1n) is 6.77. The van der Waals surface area contributed by atoms with Gasteiger partial charge in [0.1, 0.15) is 0 Å². The Morgan fingerprint density at radius 2 is 2.12 bits per heavy atom. The maximum Gasteiger partial charge on any atom is 0.277 e. The highest BCUT2D eigenvalue weighted by molar-refractivity contribution is 6.32. The van der Waals surface area contributed by atoms with Crippen molar-refractivity contribution < 1.29 is 23.8 Å². The van der Waals surface area contributed by atoms with E-state index < -0.39 is 18.3 Å². The molecule has 2 N–H and O–H groups in total. The second kappa shape index (κ2) is 8.16. The summed E-state index contributed by atoms with van der Waals surface area (Å²) in [5.74, 6) is -1.14. The number of ether oxygens (including phenoxy) is 2. The Bertz CT molecular complexity index is 768. The summed E-state index contributed by atoms with van der Waals surface area (Å²) in [6.07, 6.45) is 1.31. The summed E-state index contributed by atoms with van der Waals surface area (Å²) in [7, 11) is 1.38. The van der Waals surface area contributed by atoms with Crippen LogP contribution in [0.2, 0.25) is 5.02 Å². The Hall–Kier alpha value is -2.80. The lowest BCUT2D eigenvalue weighted by atomic mass is 10.2. The molecule has 2 aromatic rings. The molecule has 0 atom stereocenters. The van der Waals surface area contributed by atoms with Crippen molar-refractivity contribution in [1.29, 1.82) is 0 Å². The Morgan fingerprint density at radius 1 is 1.38 bits per heavy atom. The predicted octanol–water partition coefficient (Wildman–Crippen LogP) is 2.72. The van der Waals surface area contributed by atoms with Crippen molar-refractivity contribution >= 4 is 23.7 Å². The average molecular weight is 353 g/mol. The number of aromatic hydroxyl groups is 1. The summed E-state index contributed by atoms with van der Waals surface area (Å²) in [5, 5.41) is 13.4. The van der Waals surface area contributed by atoms with Crippen molar-refractivity contribution in [3.63, 3.8) is 0 Å². The van der Waals surface area contributed by atoms with Crippen LogP contribution < -0.4 is 14.9 Å². The van der Waals surface area contributed by atoms with Crippen molar-refractivity contribution in [1.82, 2.24) is 5.43 Å². The fourth-order valence-corrected chi connectivity index (χ4v) is 1.96. The van der Waals surface area contributed by atoms with Gasteiger partial charge in [-0.05, 0) is 29.8 Å². The maximum atomic E-state index is 13.3. The van der Waals surface area contributed by atoms with E-state index in [9.17, 15) is 14.3 Å². The fourth-order valence-electron chi connectivity index (χ4n) is 1.74. The van der Waals surface area contributed by atoms with Crippen LogP contribution in [0.4, 0.5) is 4.39 Å². The van der Waals surface area contributed by atoms with E-state index in [0.29, 0.717) is 5.56 Å². The van der Waals surface area contributed by atoms with Gasteiger partial charge >= 0.3 is 0 Å². The number of hydrogen-bond donors (Lipinski definition) is 2. The molecule has 0 saturated heterocycles. The minimum atomic E-state index is -0.564. The molecule has 24 heavy (non-hydrogen) atoms. The minimum Gasteiger partial charge on any atom is -0.503 e. The standard InChI is InChI=1S/C16H14ClFN2O4/c1-23-14-7-10(6-11(17)16(14)22)8-19-20-15(21)9-24-13-5-3-2-4-12(13)18/h2-8,22H,9H2,1H3,(H,20,21)/b19-8+. The number of carbonyl (C=O) groups is 1. The van der Waals surface area contributed by atoms with E-state index >= 15 is 0 Å². The number of rotatable bonds is 6. The van der Waals surface area contributed by atoms with Gasteiger partial charge in [-0.3, -0.25) is 4.79 Å². The molecule has 0 heterocycles. The van der Waals surface area contributed by atoms with Crippen molar-refractivity contribution in [2.75, 3.05) is 13.7 Å². The number of benzene rings is 2. The topological polar surface area (TPSA) is 80.2 Å². The van der Waals surface area contributed by atoms with Gasteiger partial charge in [0.2, 0.25) is 0 Å². The van der Waals surface area contributed by atoms with Crippen molar-refractivity contribution in [3.8, 4) is 17.2 Å². The van der Waals surface area contributed by atoms with Gasteiger partial charge in [-0.25, -0.2) is 9.82 Å². The van der Waals surface area contributed by atoms with Crippen LogP contribution in [0.25, 0.3) is 0 Å². The molecule has 0 spiro atoms. The highest BCUT2D eigenvalue weighted by atomic mass is 35.5. The molecule has 0 saturated carbocycles. The van der Waals surface area contributed by atoms with Gasteiger partial charge in [0.15, 0.2) is 29.7 Å². The normalized spacial score (nSPS) is 10.6. The van der Waals surface area contributed by atoms with E-state index in [0.717, 1.165) is 0 Å². The van der Waals surface area contributed by atoms with Crippen molar-refractivity contribution in [2.45, 2.75) is 0 Å². The number of nitrogens with one attached hydrogen (secondary N) is 1. The Labute approximate surface area is 142 Å². The fraction of sp³-hybridized carbons (Fsp3) is 0.125. The molecule has 0 fully saturated rings. The van der Waals surface area contributed by atoms with E-state index in [1.54, 1.807) is 6.07 Å². The zero-order chi connectivity index (χ0) is 17.5. The van der Waals surface area contributed by atoms with Crippen LogP contribution in [-0.4, -0.2) is 30.9 Å². The Morgan fingerprint density at radius 3 is 2.83 bits per heavy atom. The van der Waals surface area contributed by atoms with Gasteiger partial charge in [-0.1, -0.05) is 23.7 Å². The molecule has 2 aromatic carbocycles. The molecule has 6 nitrogen and oxygen atoms in total. The zero-order valence-corrected chi connectivity index (χ0v) is 13.4. The Kier molecular flexibility index (Phi) is 5.97. The maximum absolute atomic E-state index is 13.3. The lowest BCUT2D eigenvalue weighted by Crippen LogP contribution is -2.24. The van der Waals surface area contributed by atoms with Crippen molar-refractivity contribution in [3.05, 3.63) is 52.8 Å². The number of phenols is 1. The first kappa shape index (κ1) is 17.6. The van der Waals surface area contributed by atoms with Crippen LogP contribution in [0, 0.1) is 5.82 Å². The molecular formula is C16H14ClFN2O4. The first-order valence-corrected chi connectivity index (χ1v) is 7.14. The number of nitrogens with zero attached hydrogens (tertiary/aromatic N) is 1. The molecule has 0 aliphatic carbocycles. The smallest absolute Gasteiger partial charge is 0.277 e. The van der Waals surface area contributed by atoms with Crippen LogP contribution in [0.15, 0.2) is 41.5 Å². The van der Waals surface area contributed by atoms with Crippen molar-refractivity contribution in [2.24, 2.45) is 5.10 Å². The number of methoxy groups -OCH3 is 1. The number of halogens is 2. The van der Waals surface area contributed by atoms with E-state index in [-0.39, 0.29) is 22.3 Å². The third-order valence-electron chi connectivity index (χ3n) is 2.87. The van der Waals surface area contributed by atoms with Gasteiger partial charge in [-0.15, -0.1) is 0 Å². The molecule has 0 radical (unpaired) electrons. The number of carbonyl (C=O) groups excluding carboxylic acids is 1. The largest absolute Gasteiger partial charge is 0.503 e. The van der Waals surface area contributed by atoms with Gasteiger partial charge in [0, 0.05) is 0 Å². The quantitative estimate of drug-likeness (QED) is 0.619. The summed E-state index contributed by atoms with van der Waals surface area (Å²) in [6.45, 7) is -0.391. The van der Waals surface area contributed by atoms with Gasteiger partial charge in [0.05, 0.1) is 18.3 Å². The summed E-state index contributed by atoms with van der Waals surface area (Å²) in [4.78, 5) is 11.6. The summed E-state index contributed by atoms with van der Waals surface area (Å²) < 4.78 is 23.3. The summed E-state index contributed by atoms with van der Waals surface area (Å²) in [5.41, 5.74) is 2.73. The zero-order valence-electron chi connectivity index (χ0n) is 12.6. The molecule has 0 aromatic heterocycles. The van der Waals surface area contributed by atoms with Crippen LogP contribution in [0.5, 0.6) is 17.2 Å². The predicted molar refractivity (Wildman–Crippen MR) is 87.3 cm³/mol. The van der Waals surface area contributed by atoms with Gasteiger partial charge in [-0.2, -0.15) is 5.10 Å². The number of amides is 1. The number of phenolic OH excluding ortho intramolecular Hbond substituents is 1. The van der Waals surface area contributed by atoms with Gasteiger partial charge < -0.3 is 14.6 Å². The molecule has 0 aliphatic rings. The molecule has 2 rings (SSSR count). The molecule has 8 heteroatoms. The van der Waals surface area contributed by atoms with Crippen LogP contribution in [0.1, 0.15) is 5.56 Å². The number of para-hydroxylation sites is 1. The molecule has 0 aliphatic heterocycles. The van der Waals surface area contributed by atoms with Crippen LogP contribution in [0.3, 0.4) is 0 Å². The van der Waals surface area contributed by atoms with Crippen LogP contribution in [-0.2, 0) is 4.79 Å². The Balaban J connectivity index is 1.91. The summed E-state index contributed by atoms with van der Waals surface area (Å²) in [6, 6.07) is 8.70. The summed E-state index contributed by atoms with van der Waals surface area (Å²) >= 11 is 5.84. The lowest BCUT2D eigenvalue weighted by Gasteiger charge is -2.06. The van der Waals surface area contributed by atoms with Gasteiger partial charge in [0.25, 0.3) is 5.91 Å². The lowest BCUT2D eigenvalue weighted by molar-refractivity contribution is -0.123. The molecular weight excluding hydrogens is 339 g/mol. The third kappa shape index (κ3) is 4.60. The third-order valence-corrected chi connectivity index (χ3v) is 3.16. The monoisotopic (exact) mass is 352 g/mol. The molecule has 1 amide bonds. The molecule has 0 unspecified atom stereocenters. The second-order valence-corrected chi connectivity index (χ2v) is 4.97. The highest BCUT2D eigenvalue weighted by Gasteiger charge is 2.08. The first-order chi connectivity index (χ1) is 11.5. The second-order valence-electron chi connectivity index (χ2n) is 4.57. The number of hydrazone groups is 1. The van der Waals surface area contributed by atoms with E-state index in [2.05, 4.69) is 10.5 Å². The minimum absolute atomic E-state index is 0.0216. The highest BCUT2D eigenvalue weighted by Crippen LogP contribution is 2.34. The average Bonchev–Trinajstić information content (AvgIpc) is 2.57. The SMILES string of the molecule is COc1cc(/C=N/NC(=O)COc2ccccc2F)cc(Cl)c1O. The van der Waals surface area contributed by atoms with E-state index in [1.807, 2.05) is 0 Å². The van der Waals surface area contributed by atoms with Crippen LogP contribution >= 0.6 is 11.6 Å². The molecule has 0 bridgehead atoms.